The van der Waals surface area contributed by atoms with Crippen molar-refractivity contribution in [3.05, 3.63) is 176 Å². The fourth-order valence-corrected chi connectivity index (χ4v) is 10.1. The van der Waals surface area contributed by atoms with Gasteiger partial charge in [0.15, 0.2) is 0 Å². The third-order valence-electron chi connectivity index (χ3n) is 10.8. The van der Waals surface area contributed by atoms with Gasteiger partial charge in [0.05, 0.1) is 16.3 Å². The molecule has 11 rings (SSSR count). The molecule has 0 spiro atoms. The first kappa shape index (κ1) is 30.0. The predicted octanol–water partition coefficient (Wildman–Crippen LogP) is 12.9. The van der Waals surface area contributed by atoms with E-state index >= 15 is 0 Å². The summed E-state index contributed by atoms with van der Waals surface area (Å²) >= 11 is 0. The van der Waals surface area contributed by atoms with E-state index in [4.69, 9.17) is 4.42 Å². The molecule has 0 atom stereocenters. The highest BCUT2D eigenvalue weighted by atomic mass is 32.2. The van der Waals surface area contributed by atoms with Crippen LogP contribution in [0.1, 0.15) is 0 Å². The summed E-state index contributed by atoms with van der Waals surface area (Å²) in [5.74, 6) is 0. The van der Waals surface area contributed by atoms with Gasteiger partial charge >= 0.3 is 0 Å². The Balaban J connectivity index is 1.10. The quantitative estimate of drug-likeness (QED) is 0.173. The minimum absolute atomic E-state index is 0.293. The fraction of sp³-hybridized carbons (Fsp3) is 0. The van der Waals surface area contributed by atoms with E-state index in [1.54, 1.807) is 12.1 Å². The molecule has 0 fully saturated rings. The highest BCUT2D eigenvalue weighted by Gasteiger charge is 2.36. The lowest BCUT2D eigenvalue weighted by atomic mass is 9.91. The van der Waals surface area contributed by atoms with Crippen LogP contribution in [0.25, 0.3) is 87.6 Å². The summed E-state index contributed by atoms with van der Waals surface area (Å²) in [6.07, 6.45) is 0. The van der Waals surface area contributed by atoms with Crippen molar-refractivity contribution in [1.82, 2.24) is 0 Å². The molecule has 0 amide bonds. The summed E-state index contributed by atoms with van der Waals surface area (Å²) < 4.78 is 36.1. The van der Waals surface area contributed by atoms with E-state index in [0.29, 0.717) is 21.8 Å². The number of anilines is 2. The van der Waals surface area contributed by atoms with Crippen molar-refractivity contribution in [2.45, 2.75) is 4.90 Å². The van der Waals surface area contributed by atoms with Gasteiger partial charge in [-0.3, -0.25) is 0 Å². The Bertz CT molecular complexity index is 3220. The summed E-state index contributed by atoms with van der Waals surface area (Å²) in [6, 6.07) is 59.4. The number of furan rings is 1. The van der Waals surface area contributed by atoms with Gasteiger partial charge in [0.1, 0.15) is 11.2 Å². The Kier molecular flexibility index (Phi) is 6.31. The van der Waals surface area contributed by atoms with Gasteiger partial charge in [-0.1, -0.05) is 121 Å². The van der Waals surface area contributed by atoms with E-state index in [1.165, 1.54) is 36.6 Å². The monoisotopic (exact) mass is 699 g/mol. The summed E-state index contributed by atoms with van der Waals surface area (Å²) in [6.45, 7) is 0. The number of sulfonamides is 1. The second-order valence-electron chi connectivity index (χ2n) is 13.7. The molecule has 10 aromatic rings. The molecular weight excluding hydrogens is 671 g/mol. The molecule has 9 aromatic carbocycles. The zero-order valence-electron chi connectivity index (χ0n) is 28.3. The Labute approximate surface area is 305 Å². The molecular formula is C48H29NO3S. The molecule has 1 aromatic heterocycles. The SMILES string of the molecule is O=S1(=O)c2ccccc2-c2cc(-c3cccc4oc5ccc(-c6ccc7c8ccccc8c8ccccc8c7c6)cc5c34)ccc2N1c1ccccc1. The number of rotatable bonds is 3. The third kappa shape index (κ3) is 4.38. The molecule has 0 unspecified atom stereocenters. The number of fused-ring (bicyclic) bond motifs is 12. The van der Waals surface area contributed by atoms with E-state index in [0.717, 1.165) is 49.8 Å². The zero-order valence-corrected chi connectivity index (χ0v) is 29.1. The highest BCUT2D eigenvalue weighted by Crippen LogP contribution is 2.49. The normalized spacial score (nSPS) is 13.5. The number of benzene rings is 9. The summed E-state index contributed by atoms with van der Waals surface area (Å²) in [5.41, 5.74) is 8.65. The molecule has 0 N–H and O–H groups in total. The molecule has 0 aliphatic carbocycles. The van der Waals surface area contributed by atoms with Crippen molar-refractivity contribution in [3.63, 3.8) is 0 Å². The van der Waals surface area contributed by atoms with Crippen LogP contribution in [0.15, 0.2) is 185 Å². The van der Waals surface area contributed by atoms with Crippen molar-refractivity contribution < 1.29 is 12.8 Å². The van der Waals surface area contributed by atoms with Crippen LogP contribution in [0.3, 0.4) is 0 Å². The lowest BCUT2D eigenvalue weighted by molar-refractivity contribution is 0.596. The first-order valence-electron chi connectivity index (χ1n) is 17.7. The average molecular weight is 700 g/mol. The Morgan fingerprint density at radius 2 is 0.981 bits per heavy atom. The van der Waals surface area contributed by atoms with Crippen molar-refractivity contribution in [2.75, 3.05) is 4.31 Å². The van der Waals surface area contributed by atoms with E-state index in [1.807, 2.05) is 66.7 Å². The Morgan fingerprint density at radius 1 is 0.396 bits per heavy atom. The van der Waals surface area contributed by atoms with Crippen LogP contribution in [0.2, 0.25) is 0 Å². The summed E-state index contributed by atoms with van der Waals surface area (Å²) in [4.78, 5) is 0.293. The number of hydrogen-bond acceptors (Lipinski definition) is 3. The van der Waals surface area contributed by atoms with Crippen molar-refractivity contribution >= 4 is 75.7 Å². The van der Waals surface area contributed by atoms with Gasteiger partial charge in [0.25, 0.3) is 10.0 Å². The molecule has 1 aliphatic heterocycles. The maximum atomic E-state index is 14.1. The second kappa shape index (κ2) is 11.2. The minimum atomic E-state index is -3.83. The van der Waals surface area contributed by atoms with Crippen molar-refractivity contribution in [3.8, 4) is 33.4 Å². The highest BCUT2D eigenvalue weighted by molar-refractivity contribution is 7.93. The van der Waals surface area contributed by atoms with E-state index < -0.39 is 10.0 Å². The lowest BCUT2D eigenvalue weighted by Gasteiger charge is -2.32. The van der Waals surface area contributed by atoms with Crippen LogP contribution >= 0.6 is 0 Å². The predicted molar refractivity (Wildman–Crippen MR) is 218 cm³/mol. The van der Waals surface area contributed by atoms with E-state index in [9.17, 15) is 8.42 Å². The van der Waals surface area contributed by atoms with E-state index in [2.05, 4.69) is 97.1 Å². The molecule has 2 heterocycles. The van der Waals surface area contributed by atoms with Gasteiger partial charge in [0.2, 0.25) is 0 Å². The maximum absolute atomic E-state index is 14.1. The standard InChI is InChI=1S/C48H29NO3S/c50-53(51)47-20-9-8-17-40(47)42-29-32(22-25-44(42)49(53)33-11-2-1-3-12-33)34-18-10-19-46-48(34)43-28-31(23-26-45(43)52-46)30-21-24-39-37-15-5-4-13-35(37)36-14-6-7-16-38(36)41(39)27-30/h1-29H. The van der Waals surface area contributed by atoms with Crippen molar-refractivity contribution in [2.24, 2.45) is 0 Å². The first-order valence-corrected chi connectivity index (χ1v) is 19.1. The van der Waals surface area contributed by atoms with Gasteiger partial charge < -0.3 is 4.42 Å². The van der Waals surface area contributed by atoms with E-state index in [-0.39, 0.29) is 0 Å². The van der Waals surface area contributed by atoms with Gasteiger partial charge in [-0.15, -0.1) is 0 Å². The fourth-order valence-electron chi connectivity index (χ4n) is 8.41. The van der Waals surface area contributed by atoms with Gasteiger partial charge in [-0.25, -0.2) is 12.7 Å². The van der Waals surface area contributed by atoms with Crippen LogP contribution in [0.4, 0.5) is 11.4 Å². The first-order chi connectivity index (χ1) is 26.0. The second-order valence-corrected chi connectivity index (χ2v) is 15.4. The Hall–Kier alpha value is -6.69. The summed E-state index contributed by atoms with van der Waals surface area (Å²) in [7, 11) is -3.83. The topological polar surface area (TPSA) is 50.5 Å². The van der Waals surface area contributed by atoms with Crippen LogP contribution in [-0.2, 0) is 10.0 Å². The molecule has 0 saturated carbocycles. The lowest BCUT2D eigenvalue weighted by Crippen LogP contribution is -2.30. The molecule has 1 aliphatic rings. The largest absolute Gasteiger partial charge is 0.456 e. The molecule has 250 valence electrons. The number of nitrogens with zero attached hydrogens (tertiary/aromatic N) is 1. The molecule has 0 radical (unpaired) electrons. The van der Waals surface area contributed by atoms with Crippen LogP contribution in [0.5, 0.6) is 0 Å². The average Bonchev–Trinajstić information content (AvgIpc) is 3.59. The molecule has 4 nitrogen and oxygen atoms in total. The van der Waals surface area contributed by atoms with Gasteiger partial charge in [-0.2, -0.15) is 0 Å². The van der Waals surface area contributed by atoms with Gasteiger partial charge in [0, 0.05) is 21.9 Å². The van der Waals surface area contributed by atoms with Crippen LogP contribution < -0.4 is 4.31 Å². The maximum Gasteiger partial charge on any atom is 0.269 e. The van der Waals surface area contributed by atoms with Crippen molar-refractivity contribution in [1.29, 1.82) is 0 Å². The zero-order chi connectivity index (χ0) is 35.3. The summed E-state index contributed by atoms with van der Waals surface area (Å²) in [5, 5.41) is 9.55. The van der Waals surface area contributed by atoms with Gasteiger partial charge in [-0.05, 0) is 109 Å². The van der Waals surface area contributed by atoms with Crippen LogP contribution in [-0.4, -0.2) is 8.42 Å². The molecule has 53 heavy (non-hydrogen) atoms. The molecule has 0 saturated heterocycles. The third-order valence-corrected chi connectivity index (χ3v) is 12.6. The smallest absolute Gasteiger partial charge is 0.269 e. The van der Waals surface area contributed by atoms with Crippen LogP contribution in [0, 0.1) is 0 Å². The molecule has 5 heteroatoms. The number of para-hydroxylation sites is 1. The number of hydrogen-bond donors (Lipinski definition) is 0. The minimum Gasteiger partial charge on any atom is -0.456 e. The Morgan fingerprint density at radius 3 is 1.74 bits per heavy atom. The molecule has 0 bridgehead atoms.